The summed E-state index contributed by atoms with van der Waals surface area (Å²) >= 11 is 11.4. The molecule has 0 heterocycles. The smallest absolute Gasteiger partial charge is 0.251 e. The zero-order valence-electron chi connectivity index (χ0n) is 8.46. The van der Waals surface area contributed by atoms with E-state index in [4.69, 9.17) is 18.0 Å². The van der Waals surface area contributed by atoms with Gasteiger partial charge in [0.25, 0.3) is 5.91 Å². The van der Waals surface area contributed by atoms with E-state index in [2.05, 4.69) is 37.2 Å². The van der Waals surface area contributed by atoms with Crippen LogP contribution in [0.3, 0.4) is 0 Å². The van der Waals surface area contributed by atoms with Crippen LogP contribution in [0.25, 0.3) is 0 Å². The third-order valence-corrected chi connectivity index (χ3v) is 3.17. The van der Waals surface area contributed by atoms with Crippen LogP contribution >= 0.6 is 44.1 Å². The number of nitrogens with one attached hydrogen (secondary N) is 1. The summed E-state index contributed by atoms with van der Waals surface area (Å²) in [5, 5.41) is 2.70. The maximum absolute atomic E-state index is 11.8. The fraction of sp³-hybridized carbons (Fsp3) is 0.200. The van der Waals surface area contributed by atoms with Crippen molar-refractivity contribution in [1.29, 1.82) is 0 Å². The van der Waals surface area contributed by atoms with Crippen molar-refractivity contribution in [2.24, 2.45) is 5.73 Å². The molecule has 0 aromatic heterocycles. The van der Waals surface area contributed by atoms with E-state index >= 15 is 0 Å². The number of nitrogens with two attached hydrogens (primary N) is 1. The minimum Gasteiger partial charge on any atom is -0.392 e. The highest BCUT2D eigenvalue weighted by molar-refractivity contribution is 9.11. The summed E-state index contributed by atoms with van der Waals surface area (Å²) in [6.07, 6.45) is 0. The Morgan fingerprint density at radius 1 is 1.38 bits per heavy atom. The van der Waals surface area contributed by atoms with Gasteiger partial charge in [-0.05, 0) is 25.1 Å². The number of rotatable bonds is 3. The number of amides is 1. The van der Waals surface area contributed by atoms with Crippen molar-refractivity contribution in [2.45, 2.75) is 13.0 Å². The molecule has 1 atom stereocenters. The normalized spacial score (nSPS) is 11.9. The van der Waals surface area contributed by atoms with Crippen LogP contribution in [0.15, 0.2) is 27.1 Å². The van der Waals surface area contributed by atoms with Crippen LogP contribution in [-0.2, 0) is 0 Å². The highest BCUT2D eigenvalue weighted by Crippen LogP contribution is 2.20. The molecule has 0 bridgehead atoms. The largest absolute Gasteiger partial charge is 0.392 e. The van der Waals surface area contributed by atoms with Gasteiger partial charge in [-0.1, -0.05) is 44.1 Å². The van der Waals surface area contributed by atoms with Gasteiger partial charge in [-0.2, -0.15) is 0 Å². The van der Waals surface area contributed by atoms with Gasteiger partial charge in [-0.15, -0.1) is 0 Å². The third kappa shape index (κ3) is 3.84. The van der Waals surface area contributed by atoms with Crippen molar-refractivity contribution in [3.05, 3.63) is 32.7 Å². The van der Waals surface area contributed by atoms with E-state index in [1.165, 1.54) is 0 Å². The standard InChI is InChI=1S/C10H10Br2N2OS/c1-5(9(13)16)14-10(15)6-2-7(11)4-8(12)3-6/h2-5H,1H3,(H2,13,16)(H,14,15). The summed E-state index contributed by atoms with van der Waals surface area (Å²) in [7, 11) is 0. The molecule has 0 aliphatic rings. The fourth-order valence-corrected chi connectivity index (χ4v) is 2.39. The zero-order valence-corrected chi connectivity index (χ0v) is 12.4. The Kier molecular flexibility index (Phi) is 4.89. The van der Waals surface area contributed by atoms with Crippen LogP contribution in [0.4, 0.5) is 0 Å². The monoisotopic (exact) mass is 364 g/mol. The second-order valence-electron chi connectivity index (χ2n) is 3.26. The molecule has 0 fully saturated rings. The molecule has 16 heavy (non-hydrogen) atoms. The lowest BCUT2D eigenvalue weighted by Gasteiger charge is -2.12. The van der Waals surface area contributed by atoms with Gasteiger partial charge in [0.2, 0.25) is 0 Å². The van der Waals surface area contributed by atoms with Crippen molar-refractivity contribution in [3.63, 3.8) is 0 Å². The van der Waals surface area contributed by atoms with E-state index in [-0.39, 0.29) is 16.9 Å². The zero-order chi connectivity index (χ0) is 12.3. The van der Waals surface area contributed by atoms with Crippen LogP contribution in [-0.4, -0.2) is 16.9 Å². The van der Waals surface area contributed by atoms with Crippen molar-refractivity contribution in [2.75, 3.05) is 0 Å². The quantitative estimate of drug-likeness (QED) is 0.809. The van der Waals surface area contributed by atoms with Gasteiger partial charge in [0.15, 0.2) is 0 Å². The molecule has 3 nitrogen and oxygen atoms in total. The second-order valence-corrected chi connectivity index (χ2v) is 5.56. The second kappa shape index (κ2) is 5.75. The van der Waals surface area contributed by atoms with Crippen molar-refractivity contribution < 1.29 is 4.79 Å². The lowest BCUT2D eigenvalue weighted by atomic mass is 10.2. The molecule has 1 amide bonds. The summed E-state index contributed by atoms with van der Waals surface area (Å²) in [6.45, 7) is 1.74. The Hall–Kier alpha value is -0.460. The molecule has 0 aliphatic heterocycles. The van der Waals surface area contributed by atoms with Gasteiger partial charge < -0.3 is 11.1 Å². The molecule has 0 radical (unpaired) electrons. The van der Waals surface area contributed by atoms with Gasteiger partial charge in [-0.25, -0.2) is 0 Å². The Bertz CT molecular complexity index is 417. The minimum atomic E-state index is -0.319. The molecule has 0 saturated heterocycles. The minimum absolute atomic E-state index is 0.206. The van der Waals surface area contributed by atoms with Crippen molar-refractivity contribution in [1.82, 2.24) is 5.32 Å². The van der Waals surface area contributed by atoms with Crippen LogP contribution in [0.1, 0.15) is 17.3 Å². The Morgan fingerprint density at radius 2 is 1.88 bits per heavy atom. The van der Waals surface area contributed by atoms with Gasteiger partial charge >= 0.3 is 0 Å². The summed E-state index contributed by atoms with van der Waals surface area (Å²) in [5.41, 5.74) is 5.97. The van der Waals surface area contributed by atoms with E-state index in [9.17, 15) is 4.79 Å². The maximum Gasteiger partial charge on any atom is 0.251 e. The summed E-state index contributed by atoms with van der Waals surface area (Å²) < 4.78 is 1.66. The predicted octanol–water partition coefficient (Wildman–Crippen LogP) is 2.62. The summed E-state index contributed by atoms with van der Waals surface area (Å²) in [5.74, 6) is -0.206. The topological polar surface area (TPSA) is 55.1 Å². The first-order valence-corrected chi connectivity index (χ1v) is 6.46. The molecule has 0 saturated carbocycles. The van der Waals surface area contributed by atoms with Crippen LogP contribution in [0.5, 0.6) is 0 Å². The summed E-state index contributed by atoms with van der Waals surface area (Å²) in [4.78, 5) is 12.1. The number of carbonyl (C=O) groups is 1. The van der Waals surface area contributed by atoms with Crippen LogP contribution in [0, 0.1) is 0 Å². The average molecular weight is 366 g/mol. The van der Waals surface area contributed by atoms with E-state index in [1.807, 2.05) is 6.07 Å². The Balaban J connectivity index is 2.84. The Morgan fingerprint density at radius 3 is 2.31 bits per heavy atom. The molecule has 1 unspecified atom stereocenters. The summed E-state index contributed by atoms with van der Waals surface area (Å²) in [6, 6.07) is 4.99. The van der Waals surface area contributed by atoms with Crippen LogP contribution < -0.4 is 11.1 Å². The third-order valence-electron chi connectivity index (χ3n) is 1.90. The van der Waals surface area contributed by atoms with Crippen LogP contribution in [0.2, 0.25) is 0 Å². The predicted molar refractivity (Wildman–Crippen MR) is 75.6 cm³/mol. The molecular formula is C10H10Br2N2OS. The van der Waals surface area contributed by atoms with E-state index < -0.39 is 0 Å². The molecule has 0 spiro atoms. The first kappa shape index (κ1) is 13.6. The number of hydrogen-bond donors (Lipinski definition) is 2. The first-order chi connectivity index (χ1) is 7.40. The van der Waals surface area contributed by atoms with Gasteiger partial charge in [-0.3, -0.25) is 4.79 Å². The highest BCUT2D eigenvalue weighted by Gasteiger charge is 2.12. The highest BCUT2D eigenvalue weighted by atomic mass is 79.9. The number of thiocarbonyl (C=S) groups is 1. The SMILES string of the molecule is CC(NC(=O)c1cc(Br)cc(Br)c1)C(N)=S. The molecule has 1 rings (SSSR count). The lowest BCUT2D eigenvalue weighted by Crippen LogP contribution is -2.41. The lowest BCUT2D eigenvalue weighted by molar-refractivity contribution is 0.0949. The molecule has 86 valence electrons. The fourth-order valence-electron chi connectivity index (χ4n) is 1.04. The van der Waals surface area contributed by atoms with E-state index in [0.717, 1.165) is 8.95 Å². The Labute approximate surface area is 116 Å². The number of hydrogen-bond acceptors (Lipinski definition) is 2. The average Bonchev–Trinajstić information content (AvgIpc) is 2.15. The molecule has 1 aromatic rings. The molecule has 1 aromatic carbocycles. The molecular weight excluding hydrogens is 356 g/mol. The first-order valence-electron chi connectivity index (χ1n) is 4.46. The van der Waals surface area contributed by atoms with Gasteiger partial charge in [0.05, 0.1) is 11.0 Å². The van der Waals surface area contributed by atoms with Crippen molar-refractivity contribution >= 4 is 55.0 Å². The molecule has 6 heteroatoms. The van der Waals surface area contributed by atoms with Crippen molar-refractivity contribution in [3.8, 4) is 0 Å². The van der Waals surface area contributed by atoms with Gasteiger partial charge in [0, 0.05) is 14.5 Å². The number of benzene rings is 1. The number of halogens is 2. The maximum atomic E-state index is 11.8. The van der Waals surface area contributed by atoms with E-state index in [0.29, 0.717) is 5.56 Å². The molecule has 3 N–H and O–H groups in total. The number of carbonyl (C=O) groups excluding carboxylic acids is 1. The van der Waals surface area contributed by atoms with E-state index in [1.54, 1.807) is 19.1 Å². The molecule has 0 aliphatic carbocycles. The van der Waals surface area contributed by atoms with Gasteiger partial charge in [0.1, 0.15) is 0 Å².